The van der Waals surface area contributed by atoms with E-state index in [9.17, 15) is 4.79 Å². The average molecular weight is 339 g/mol. The number of nitrogens with one attached hydrogen (secondary N) is 1. The number of rotatable bonds is 5. The summed E-state index contributed by atoms with van der Waals surface area (Å²) in [7, 11) is 0. The Morgan fingerprint density at radius 2 is 2.25 bits per heavy atom. The van der Waals surface area contributed by atoms with Crippen molar-refractivity contribution in [1.82, 2.24) is 10.5 Å². The van der Waals surface area contributed by atoms with Crippen LogP contribution in [0.15, 0.2) is 39.3 Å². The van der Waals surface area contributed by atoms with E-state index in [4.69, 9.17) is 9.26 Å². The number of amides is 1. The van der Waals surface area contributed by atoms with Crippen molar-refractivity contribution in [1.29, 1.82) is 0 Å². The van der Waals surface area contributed by atoms with E-state index in [1.165, 1.54) is 0 Å². The van der Waals surface area contributed by atoms with E-state index in [0.29, 0.717) is 12.2 Å². The van der Waals surface area contributed by atoms with Crippen LogP contribution in [0.1, 0.15) is 23.2 Å². The van der Waals surface area contributed by atoms with Crippen LogP contribution >= 0.6 is 15.9 Å². The molecule has 0 bridgehead atoms. The third kappa shape index (κ3) is 3.84. The maximum Gasteiger partial charge on any atom is 0.290 e. The summed E-state index contributed by atoms with van der Waals surface area (Å²) in [6.07, 6.45) is -0.165. The Morgan fingerprint density at radius 1 is 1.50 bits per heavy atom. The van der Waals surface area contributed by atoms with E-state index in [-0.39, 0.29) is 17.8 Å². The molecule has 1 heterocycles. The van der Waals surface area contributed by atoms with Crippen molar-refractivity contribution < 1.29 is 14.1 Å². The Hall–Kier alpha value is -1.82. The van der Waals surface area contributed by atoms with Crippen molar-refractivity contribution in [3.05, 3.63) is 46.3 Å². The Bertz CT molecular complexity index is 598. The summed E-state index contributed by atoms with van der Waals surface area (Å²) < 4.78 is 11.5. The molecule has 2 rings (SSSR count). The molecule has 0 saturated heterocycles. The number of ether oxygens (including phenoxy) is 1. The fourth-order valence-corrected chi connectivity index (χ4v) is 1.97. The maximum absolute atomic E-state index is 11.8. The van der Waals surface area contributed by atoms with Crippen LogP contribution < -0.4 is 10.1 Å². The number of carbonyl (C=O) groups excluding carboxylic acids is 1. The van der Waals surface area contributed by atoms with Gasteiger partial charge in [0, 0.05) is 6.07 Å². The summed E-state index contributed by atoms with van der Waals surface area (Å²) in [4.78, 5) is 11.8. The lowest BCUT2D eigenvalue weighted by Gasteiger charge is -2.15. The molecule has 2 aromatic rings. The molecule has 0 aliphatic carbocycles. The molecule has 0 spiro atoms. The highest BCUT2D eigenvalue weighted by atomic mass is 79.9. The lowest BCUT2D eigenvalue weighted by Crippen LogP contribution is -2.33. The van der Waals surface area contributed by atoms with E-state index in [1.54, 1.807) is 13.0 Å². The van der Waals surface area contributed by atoms with Gasteiger partial charge in [0.2, 0.25) is 5.76 Å². The Morgan fingerprint density at radius 3 is 2.90 bits per heavy atom. The van der Waals surface area contributed by atoms with Gasteiger partial charge in [-0.1, -0.05) is 17.3 Å². The van der Waals surface area contributed by atoms with Gasteiger partial charge in [-0.3, -0.25) is 4.79 Å². The summed E-state index contributed by atoms with van der Waals surface area (Å²) in [6.45, 7) is 4.02. The number of halogens is 1. The number of nitrogens with zero attached hydrogens (tertiary/aromatic N) is 1. The second-order valence-electron chi connectivity index (χ2n) is 4.40. The average Bonchev–Trinajstić information content (AvgIpc) is 2.85. The molecule has 5 nitrogen and oxygen atoms in total. The van der Waals surface area contributed by atoms with Crippen LogP contribution in [0.3, 0.4) is 0 Å². The normalized spacial score (nSPS) is 11.9. The molecular weight excluding hydrogens is 324 g/mol. The SMILES string of the molecule is Cc1cc(C(=O)NC[C@H](C)Oc2ccccc2Br)on1. The Kier molecular flexibility index (Phi) is 4.79. The zero-order valence-corrected chi connectivity index (χ0v) is 12.8. The van der Waals surface area contributed by atoms with Crippen molar-refractivity contribution in [2.24, 2.45) is 0 Å². The van der Waals surface area contributed by atoms with Crippen molar-refractivity contribution in [2.75, 3.05) is 6.54 Å². The third-order valence-corrected chi connectivity index (χ3v) is 3.22. The minimum absolute atomic E-state index is 0.165. The highest BCUT2D eigenvalue weighted by Gasteiger charge is 2.13. The zero-order valence-electron chi connectivity index (χ0n) is 11.2. The molecule has 1 N–H and O–H groups in total. The molecule has 1 amide bonds. The van der Waals surface area contributed by atoms with Gasteiger partial charge in [0.25, 0.3) is 5.91 Å². The lowest BCUT2D eigenvalue weighted by atomic mass is 10.3. The largest absolute Gasteiger partial charge is 0.488 e. The Balaban J connectivity index is 1.85. The van der Waals surface area contributed by atoms with Gasteiger partial charge in [-0.05, 0) is 41.9 Å². The van der Waals surface area contributed by atoms with Crippen molar-refractivity contribution in [3.8, 4) is 5.75 Å². The monoisotopic (exact) mass is 338 g/mol. The van der Waals surface area contributed by atoms with Gasteiger partial charge in [0.15, 0.2) is 0 Å². The standard InChI is InChI=1S/C14H15BrN2O3/c1-9-7-13(20-17-9)14(18)16-8-10(2)19-12-6-4-3-5-11(12)15/h3-7,10H,8H2,1-2H3,(H,16,18)/t10-/m0/s1. The van der Waals surface area contributed by atoms with E-state index in [2.05, 4.69) is 26.4 Å². The summed E-state index contributed by atoms with van der Waals surface area (Å²) in [5.41, 5.74) is 0.674. The molecule has 0 unspecified atom stereocenters. The second-order valence-corrected chi connectivity index (χ2v) is 5.26. The first-order valence-corrected chi connectivity index (χ1v) is 6.98. The van der Waals surface area contributed by atoms with Gasteiger partial charge in [-0.15, -0.1) is 0 Å². The van der Waals surface area contributed by atoms with Gasteiger partial charge in [-0.2, -0.15) is 0 Å². The fraction of sp³-hybridized carbons (Fsp3) is 0.286. The van der Waals surface area contributed by atoms with Gasteiger partial charge in [0.1, 0.15) is 11.9 Å². The minimum atomic E-state index is -0.298. The third-order valence-electron chi connectivity index (χ3n) is 2.57. The predicted molar refractivity (Wildman–Crippen MR) is 77.8 cm³/mol. The summed E-state index contributed by atoms with van der Waals surface area (Å²) >= 11 is 3.41. The van der Waals surface area contributed by atoms with Gasteiger partial charge in [-0.25, -0.2) is 0 Å². The fourth-order valence-electron chi connectivity index (χ4n) is 1.59. The summed E-state index contributed by atoms with van der Waals surface area (Å²) in [6, 6.07) is 9.16. The first-order chi connectivity index (χ1) is 9.56. The van der Waals surface area contributed by atoms with Crippen LogP contribution in [0.4, 0.5) is 0 Å². The Labute approximate surface area is 125 Å². The van der Waals surface area contributed by atoms with E-state index >= 15 is 0 Å². The lowest BCUT2D eigenvalue weighted by molar-refractivity contribution is 0.0895. The smallest absolute Gasteiger partial charge is 0.290 e. The molecule has 1 atom stereocenters. The van der Waals surface area contributed by atoms with Crippen molar-refractivity contribution in [2.45, 2.75) is 20.0 Å². The van der Waals surface area contributed by atoms with Crippen molar-refractivity contribution >= 4 is 21.8 Å². The van der Waals surface area contributed by atoms with Crippen molar-refractivity contribution in [3.63, 3.8) is 0 Å². The molecule has 0 fully saturated rings. The molecule has 1 aromatic heterocycles. The quantitative estimate of drug-likeness (QED) is 0.910. The van der Waals surface area contributed by atoms with Crippen LogP contribution in [0.5, 0.6) is 5.75 Å². The van der Waals surface area contributed by atoms with Crippen LogP contribution in [0.25, 0.3) is 0 Å². The molecule has 106 valence electrons. The summed E-state index contributed by atoms with van der Waals surface area (Å²) in [5.74, 6) is 0.647. The number of para-hydroxylation sites is 1. The molecule has 0 aliphatic rings. The topological polar surface area (TPSA) is 64.4 Å². The molecule has 0 aliphatic heterocycles. The minimum Gasteiger partial charge on any atom is -0.488 e. The molecule has 0 saturated carbocycles. The van der Waals surface area contributed by atoms with Crippen LogP contribution in [0, 0.1) is 6.92 Å². The number of benzene rings is 1. The summed E-state index contributed by atoms with van der Waals surface area (Å²) in [5, 5.41) is 6.41. The molecule has 0 radical (unpaired) electrons. The molecule has 6 heteroatoms. The molecular formula is C14H15BrN2O3. The first-order valence-electron chi connectivity index (χ1n) is 6.19. The van der Waals surface area contributed by atoms with E-state index < -0.39 is 0 Å². The number of aryl methyl sites for hydroxylation is 1. The number of hydrogen-bond donors (Lipinski definition) is 1. The van der Waals surface area contributed by atoms with E-state index in [0.717, 1.165) is 10.2 Å². The predicted octanol–water partition coefficient (Wildman–Crippen LogP) is 2.94. The van der Waals surface area contributed by atoms with Gasteiger partial charge >= 0.3 is 0 Å². The van der Waals surface area contributed by atoms with Gasteiger partial charge < -0.3 is 14.6 Å². The van der Waals surface area contributed by atoms with Crippen LogP contribution in [-0.4, -0.2) is 23.7 Å². The number of carbonyl (C=O) groups is 1. The number of hydrogen-bond acceptors (Lipinski definition) is 4. The first kappa shape index (κ1) is 14.6. The molecule has 20 heavy (non-hydrogen) atoms. The van der Waals surface area contributed by atoms with Gasteiger partial charge in [0.05, 0.1) is 16.7 Å². The van der Waals surface area contributed by atoms with E-state index in [1.807, 2.05) is 31.2 Å². The molecule has 1 aromatic carbocycles. The zero-order chi connectivity index (χ0) is 14.5. The number of aromatic nitrogens is 1. The maximum atomic E-state index is 11.8. The second kappa shape index (κ2) is 6.56. The van der Waals surface area contributed by atoms with Crippen LogP contribution in [0.2, 0.25) is 0 Å². The highest BCUT2D eigenvalue weighted by Crippen LogP contribution is 2.24. The van der Waals surface area contributed by atoms with Crippen LogP contribution in [-0.2, 0) is 0 Å². The highest BCUT2D eigenvalue weighted by molar-refractivity contribution is 9.10.